The molecule has 38 heavy (non-hydrogen) atoms. The van der Waals surface area contributed by atoms with Crippen LogP contribution in [0.3, 0.4) is 0 Å². The van der Waals surface area contributed by atoms with Gasteiger partial charge in [-0.25, -0.2) is 9.18 Å². The van der Waals surface area contributed by atoms with E-state index in [1.165, 1.54) is 17.0 Å². The first kappa shape index (κ1) is 27.6. The van der Waals surface area contributed by atoms with Gasteiger partial charge >= 0.3 is 6.03 Å². The molecule has 2 heterocycles. The standard InChI is InChI=1S/C28H32ClFN4O4/c29-23-4-1-5-25(18-23)31-28(36)33(12-3-11-32-13-16-37-17-14-32)21-27(35)34(20-26-6-2-15-38-26)19-22-7-9-24(30)10-8-22/h1-2,4-10,15,18H,3,11-14,16-17,19-21H2,(H,31,36). The minimum Gasteiger partial charge on any atom is -0.467 e. The predicted molar refractivity (Wildman–Crippen MR) is 143 cm³/mol. The third-order valence-corrected chi connectivity index (χ3v) is 6.50. The third-order valence-electron chi connectivity index (χ3n) is 6.26. The third kappa shape index (κ3) is 8.58. The number of anilines is 1. The SMILES string of the molecule is O=C(CN(CCCN1CCOCC1)C(=O)Nc1cccc(Cl)c1)N(Cc1ccc(F)cc1)Cc1ccco1. The number of halogens is 2. The van der Waals surface area contributed by atoms with E-state index in [1.807, 2.05) is 0 Å². The number of morpholine rings is 1. The van der Waals surface area contributed by atoms with Crippen LogP contribution in [-0.4, -0.2) is 72.6 Å². The molecule has 3 aromatic rings. The lowest BCUT2D eigenvalue weighted by molar-refractivity contribution is -0.133. The number of amides is 3. The molecule has 3 amide bonds. The maximum atomic E-state index is 13.6. The topological polar surface area (TPSA) is 78.3 Å². The van der Waals surface area contributed by atoms with Gasteiger partial charge in [-0.05, 0) is 54.4 Å². The van der Waals surface area contributed by atoms with Gasteiger partial charge in [-0.15, -0.1) is 0 Å². The average Bonchev–Trinajstić information content (AvgIpc) is 3.43. The summed E-state index contributed by atoms with van der Waals surface area (Å²) in [4.78, 5) is 32.3. The fraction of sp³-hybridized carbons (Fsp3) is 0.357. The number of hydrogen-bond donors (Lipinski definition) is 1. The lowest BCUT2D eigenvalue weighted by atomic mass is 10.2. The van der Waals surface area contributed by atoms with Crippen molar-refractivity contribution in [2.75, 3.05) is 51.3 Å². The highest BCUT2D eigenvalue weighted by Crippen LogP contribution is 2.17. The number of benzene rings is 2. The van der Waals surface area contributed by atoms with Crippen molar-refractivity contribution < 1.29 is 23.1 Å². The summed E-state index contributed by atoms with van der Waals surface area (Å²) in [6.45, 7) is 4.62. The van der Waals surface area contributed by atoms with Crippen LogP contribution < -0.4 is 5.32 Å². The zero-order valence-corrected chi connectivity index (χ0v) is 21.9. The fourth-order valence-electron chi connectivity index (χ4n) is 4.23. The Hall–Kier alpha value is -3.40. The molecule has 202 valence electrons. The molecule has 0 unspecified atom stereocenters. The van der Waals surface area contributed by atoms with Crippen molar-refractivity contribution in [2.45, 2.75) is 19.5 Å². The number of hydrogen-bond acceptors (Lipinski definition) is 5. The molecule has 4 rings (SSSR count). The van der Waals surface area contributed by atoms with Crippen LogP contribution in [0.2, 0.25) is 5.02 Å². The van der Waals surface area contributed by atoms with Crippen molar-refractivity contribution in [3.63, 3.8) is 0 Å². The summed E-state index contributed by atoms with van der Waals surface area (Å²) in [5.74, 6) is 0.0165. The molecule has 1 fully saturated rings. The summed E-state index contributed by atoms with van der Waals surface area (Å²) in [6.07, 6.45) is 2.25. The van der Waals surface area contributed by atoms with Crippen LogP contribution in [0.1, 0.15) is 17.7 Å². The van der Waals surface area contributed by atoms with Gasteiger partial charge in [0, 0.05) is 43.4 Å². The van der Waals surface area contributed by atoms with Crippen molar-refractivity contribution in [3.05, 3.63) is 89.1 Å². The number of furan rings is 1. The van der Waals surface area contributed by atoms with E-state index in [1.54, 1.807) is 59.7 Å². The number of urea groups is 1. The molecule has 0 radical (unpaired) electrons. The van der Waals surface area contributed by atoms with Gasteiger partial charge in [0.25, 0.3) is 0 Å². The summed E-state index contributed by atoms with van der Waals surface area (Å²) < 4.78 is 24.3. The molecule has 0 saturated carbocycles. The first-order valence-corrected chi connectivity index (χ1v) is 13.0. The Morgan fingerprint density at radius 3 is 2.50 bits per heavy atom. The van der Waals surface area contributed by atoms with Crippen molar-refractivity contribution >= 4 is 29.2 Å². The van der Waals surface area contributed by atoms with Crippen molar-refractivity contribution in [2.24, 2.45) is 0 Å². The lowest BCUT2D eigenvalue weighted by Crippen LogP contribution is -2.45. The van der Waals surface area contributed by atoms with Crippen LogP contribution in [-0.2, 0) is 22.6 Å². The summed E-state index contributed by atoms with van der Waals surface area (Å²) in [6, 6.07) is 16.0. The minimum atomic E-state index is -0.387. The Balaban J connectivity index is 1.46. The molecule has 10 heteroatoms. The van der Waals surface area contributed by atoms with Crippen LogP contribution in [0.4, 0.5) is 14.9 Å². The van der Waals surface area contributed by atoms with Crippen molar-refractivity contribution in [1.29, 1.82) is 0 Å². The van der Waals surface area contributed by atoms with Gasteiger partial charge < -0.3 is 24.3 Å². The molecule has 1 saturated heterocycles. The zero-order valence-electron chi connectivity index (χ0n) is 21.2. The number of nitrogens with one attached hydrogen (secondary N) is 1. The van der Waals surface area contributed by atoms with E-state index in [0.29, 0.717) is 42.6 Å². The van der Waals surface area contributed by atoms with E-state index in [2.05, 4.69) is 10.2 Å². The smallest absolute Gasteiger partial charge is 0.322 e. The Morgan fingerprint density at radius 1 is 1.00 bits per heavy atom. The molecule has 1 aromatic heterocycles. The molecule has 0 spiro atoms. The number of nitrogens with zero attached hydrogens (tertiary/aromatic N) is 3. The molecule has 2 aromatic carbocycles. The Bertz CT molecular complexity index is 1170. The highest BCUT2D eigenvalue weighted by molar-refractivity contribution is 6.30. The first-order chi connectivity index (χ1) is 18.5. The fourth-order valence-corrected chi connectivity index (χ4v) is 4.42. The minimum absolute atomic E-state index is 0.128. The van der Waals surface area contributed by atoms with Crippen LogP contribution in [0.25, 0.3) is 0 Å². The zero-order chi connectivity index (χ0) is 26.7. The molecule has 1 aliphatic rings. The molecule has 0 aliphatic carbocycles. The Labute approximate surface area is 226 Å². The second-order valence-electron chi connectivity index (χ2n) is 9.13. The van der Waals surface area contributed by atoms with Gasteiger partial charge in [0.1, 0.15) is 18.1 Å². The largest absolute Gasteiger partial charge is 0.467 e. The van der Waals surface area contributed by atoms with Crippen LogP contribution in [0.15, 0.2) is 71.3 Å². The van der Waals surface area contributed by atoms with Crippen LogP contribution in [0, 0.1) is 5.82 Å². The van der Waals surface area contributed by atoms with Gasteiger partial charge in [0.15, 0.2) is 0 Å². The number of carbonyl (C=O) groups is 2. The highest BCUT2D eigenvalue weighted by atomic mass is 35.5. The quantitative estimate of drug-likeness (QED) is 0.374. The molecule has 1 N–H and O–H groups in total. The van der Waals surface area contributed by atoms with Crippen LogP contribution >= 0.6 is 11.6 Å². The Morgan fingerprint density at radius 2 is 1.79 bits per heavy atom. The van der Waals surface area contributed by atoms with Gasteiger partial charge in [-0.2, -0.15) is 0 Å². The first-order valence-electron chi connectivity index (χ1n) is 12.6. The molecule has 8 nitrogen and oxygen atoms in total. The van der Waals surface area contributed by atoms with Gasteiger partial charge in [-0.1, -0.05) is 29.8 Å². The number of rotatable bonds is 11. The molecular weight excluding hydrogens is 511 g/mol. The van der Waals surface area contributed by atoms with E-state index in [4.69, 9.17) is 20.8 Å². The maximum absolute atomic E-state index is 13.6. The van der Waals surface area contributed by atoms with Crippen molar-refractivity contribution in [1.82, 2.24) is 14.7 Å². The normalized spacial score (nSPS) is 13.7. The van der Waals surface area contributed by atoms with E-state index >= 15 is 0 Å². The number of ether oxygens (including phenoxy) is 1. The summed E-state index contributed by atoms with van der Waals surface area (Å²) in [7, 11) is 0. The molecule has 0 bridgehead atoms. The monoisotopic (exact) mass is 542 g/mol. The van der Waals surface area contributed by atoms with Crippen LogP contribution in [0.5, 0.6) is 0 Å². The molecule has 1 aliphatic heterocycles. The summed E-state index contributed by atoms with van der Waals surface area (Å²) in [5, 5.41) is 3.36. The predicted octanol–water partition coefficient (Wildman–Crippen LogP) is 4.86. The average molecular weight is 543 g/mol. The van der Waals surface area contributed by atoms with E-state index in [9.17, 15) is 14.0 Å². The van der Waals surface area contributed by atoms with E-state index in [-0.39, 0.29) is 37.4 Å². The van der Waals surface area contributed by atoms with E-state index < -0.39 is 0 Å². The Kier molecular flexibility index (Phi) is 10.1. The summed E-state index contributed by atoms with van der Waals surface area (Å²) >= 11 is 6.08. The van der Waals surface area contributed by atoms with Gasteiger partial charge in [0.05, 0.1) is 26.0 Å². The number of carbonyl (C=O) groups excluding carboxylic acids is 2. The second-order valence-corrected chi connectivity index (χ2v) is 9.56. The van der Waals surface area contributed by atoms with Gasteiger partial charge in [-0.3, -0.25) is 9.69 Å². The van der Waals surface area contributed by atoms with Gasteiger partial charge in [0.2, 0.25) is 5.91 Å². The maximum Gasteiger partial charge on any atom is 0.322 e. The molecular formula is C28H32ClFN4O4. The van der Waals surface area contributed by atoms with Crippen molar-refractivity contribution in [3.8, 4) is 0 Å². The second kappa shape index (κ2) is 13.9. The highest BCUT2D eigenvalue weighted by Gasteiger charge is 2.23. The lowest BCUT2D eigenvalue weighted by Gasteiger charge is -2.30. The summed E-state index contributed by atoms with van der Waals surface area (Å²) in [5.41, 5.74) is 1.32. The molecule has 0 atom stereocenters. The van der Waals surface area contributed by atoms with E-state index in [0.717, 1.165) is 25.2 Å².